The second-order valence-corrected chi connectivity index (χ2v) is 7.03. The molecule has 0 radical (unpaired) electrons. The summed E-state index contributed by atoms with van der Waals surface area (Å²) in [6.07, 6.45) is 2.62. The SMILES string of the molecule is Cl.NC(=NCCCCCC(=O)N[C@@H]1CN[C@H](C(=O)Nc2ccc(F)c(F)c2)C1)N[N+](=O)[O-]. The van der Waals surface area contributed by atoms with Crippen LogP contribution < -0.4 is 27.1 Å². The lowest BCUT2D eigenvalue weighted by molar-refractivity contribution is -0.525. The van der Waals surface area contributed by atoms with Crippen LogP contribution in [0.25, 0.3) is 0 Å². The maximum absolute atomic E-state index is 13.2. The van der Waals surface area contributed by atoms with Crippen molar-refractivity contribution in [3.8, 4) is 0 Å². The fourth-order valence-electron chi connectivity index (χ4n) is 3.05. The lowest BCUT2D eigenvalue weighted by Crippen LogP contribution is -2.36. The number of carbonyl (C=O) groups is 2. The van der Waals surface area contributed by atoms with Crippen LogP contribution in [0, 0.1) is 21.7 Å². The van der Waals surface area contributed by atoms with Crippen molar-refractivity contribution < 1.29 is 23.4 Å². The molecule has 14 heteroatoms. The smallest absolute Gasteiger partial charge is 0.251 e. The first-order valence-electron chi connectivity index (χ1n) is 9.74. The Morgan fingerprint density at radius 1 is 1.25 bits per heavy atom. The van der Waals surface area contributed by atoms with Crippen LogP contribution >= 0.6 is 12.4 Å². The number of hydrazine groups is 1. The summed E-state index contributed by atoms with van der Waals surface area (Å²) in [5.41, 5.74) is 7.18. The molecule has 0 spiro atoms. The number of hydrogen-bond donors (Lipinski definition) is 5. The molecule has 1 saturated heterocycles. The highest BCUT2D eigenvalue weighted by atomic mass is 35.5. The van der Waals surface area contributed by atoms with Gasteiger partial charge in [-0.2, -0.15) is 0 Å². The van der Waals surface area contributed by atoms with Gasteiger partial charge in [0.1, 0.15) is 0 Å². The summed E-state index contributed by atoms with van der Waals surface area (Å²) in [7, 11) is 0. The zero-order valence-corrected chi connectivity index (χ0v) is 17.9. The van der Waals surface area contributed by atoms with Crippen molar-refractivity contribution in [3.05, 3.63) is 39.9 Å². The van der Waals surface area contributed by atoms with Crippen LogP contribution in [-0.4, -0.2) is 48.0 Å². The first-order valence-corrected chi connectivity index (χ1v) is 9.74. The summed E-state index contributed by atoms with van der Waals surface area (Å²) in [5, 5.41) is 17.7. The van der Waals surface area contributed by atoms with E-state index in [4.69, 9.17) is 5.73 Å². The second-order valence-electron chi connectivity index (χ2n) is 7.03. The minimum absolute atomic E-state index is 0. The van der Waals surface area contributed by atoms with Gasteiger partial charge >= 0.3 is 0 Å². The number of hydrogen-bond acceptors (Lipinski definition) is 6. The molecule has 2 atom stereocenters. The molecule has 0 unspecified atom stereocenters. The first-order chi connectivity index (χ1) is 14.7. The van der Waals surface area contributed by atoms with Crippen molar-refractivity contribution in [1.29, 1.82) is 0 Å². The highest BCUT2D eigenvalue weighted by Gasteiger charge is 2.30. The van der Waals surface area contributed by atoms with Gasteiger partial charge < -0.3 is 21.7 Å². The first kappa shape index (κ1) is 27.0. The highest BCUT2D eigenvalue weighted by Crippen LogP contribution is 2.15. The number of amides is 2. The molecule has 1 heterocycles. The molecular formula is C18H26ClF2N7O4. The van der Waals surface area contributed by atoms with Crippen LogP contribution in [0.4, 0.5) is 14.5 Å². The fraction of sp³-hybridized carbons (Fsp3) is 0.500. The number of nitrogens with zero attached hydrogens (tertiary/aromatic N) is 2. The molecular weight excluding hydrogens is 452 g/mol. The number of unbranched alkanes of at least 4 members (excludes halogenated alkanes) is 2. The molecule has 178 valence electrons. The van der Waals surface area contributed by atoms with Crippen LogP contribution in [0.15, 0.2) is 23.2 Å². The third kappa shape index (κ3) is 9.39. The van der Waals surface area contributed by atoms with Gasteiger partial charge in [0.15, 0.2) is 16.7 Å². The molecule has 0 aromatic heterocycles. The minimum Gasteiger partial charge on any atom is -0.365 e. The van der Waals surface area contributed by atoms with Crippen molar-refractivity contribution in [3.63, 3.8) is 0 Å². The Balaban J connectivity index is 0.00000512. The van der Waals surface area contributed by atoms with Crippen LogP contribution in [0.3, 0.4) is 0 Å². The number of carbonyl (C=O) groups excluding carboxylic acids is 2. The number of guanidine groups is 1. The van der Waals surface area contributed by atoms with E-state index in [-0.39, 0.29) is 36.0 Å². The van der Waals surface area contributed by atoms with Gasteiger partial charge in [-0.25, -0.2) is 23.9 Å². The Kier molecular flexibility index (Phi) is 11.3. The molecule has 1 aliphatic rings. The molecule has 1 aromatic carbocycles. The standard InChI is InChI=1S/C18H25F2N7O4.ClH/c19-13-6-5-11(8-14(13)20)25-17(29)15-9-12(10-23-15)24-16(28)4-2-1-3-7-22-18(21)26-27(30)31;/h5-6,8,12,15,23H,1-4,7,9-10H2,(H,24,28)(H,25,29)(H3,21,22,26);1H/t12-,15-;/m0./s1. The molecule has 1 fully saturated rings. The molecule has 0 saturated carbocycles. The maximum atomic E-state index is 13.2. The van der Waals surface area contributed by atoms with E-state index in [2.05, 4.69) is 20.9 Å². The van der Waals surface area contributed by atoms with Gasteiger partial charge in [0.25, 0.3) is 5.96 Å². The monoisotopic (exact) mass is 477 g/mol. The zero-order chi connectivity index (χ0) is 22.8. The second kappa shape index (κ2) is 13.4. The highest BCUT2D eigenvalue weighted by molar-refractivity contribution is 5.95. The van der Waals surface area contributed by atoms with E-state index in [1.165, 1.54) is 6.07 Å². The van der Waals surface area contributed by atoms with Crippen LogP contribution in [0.1, 0.15) is 32.1 Å². The zero-order valence-electron chi connectivity index (χ0n) is 17.1. The third-order valence-electron chi connectivity index (χ3n) is 4.55. The number of nitrogens with one attached hydrogen (secondary N) is 4. The van der Waals surface area contributed by atoms with Gasteiger partial charge in [0.05, 0.1) is 6.04 Å². The van der Waals surface area contributed by atoms with E-state index >= 15 is 0 Å². The number of rotatable bonds is 10. The van der Waals surface area contributed by atoms with Gasteiger partial charge in [-0.15, -0.1) is 12.4 Å². The van der Waals surface area contributed by atoms with Gasteiger partial charge in [-0.3, -0.25) is 9.59 Å². The van der Waals surface area contributed by atoms with Gasteiger partial charge in [-0.05, 0) is 31.4 Å². The molecule has 2 amide bonds. The van der Waals surface area contributed by atoms with Crippen molar-refractivity contribution in [2.24, 2.45) is 10.7 Å². The van der Waals surface area contributed by atoms with Crippen molar-refractivity contribution in [2.75, 3.05) is 18.4 Å². The predicted molar refractivity (Wildman–Crippen MR) is 116 cm³/mol. The molecule has 32 heavy (non-hydrogen) atoms. The topological polar surface area (TPSA) is 164 Å². The normalized spacial score (nSPS) is 17.9. The van der Waals surface area contributed by atoms with E-state index < -0.39 is 28.6 Å². The maximum Gasteiger partial charge on any atom is 0.251 e. The average molecular weight is 478 g/mol. The Morgan fingerprint density at radius 3 is 2.69 bits per heavy atom. The number of anilines is 1. The largest absolute Gasteiger partial charge is 0.365 e. The van der Waals surface area contributed by atoms with Gasteiger partial charge in [0.2, 0.25) is 11.8 Å². The summed E-state index contributed by atoms with van der Waals surface area (Å²) in [5.74, 6) is -2.85. The van der Waals surface area contributed by atoms with E-state index in [9.17, 15) is 28.5 Å². The summed E-state index contributed by atoms with van der Waals surface area (Å²) < 4.78 is 26.2. The third-order valence-corrected chi connectivity index (χ3v) is 4.55. The van der Waals surface area contributed by atoms with Crippen LogP contribution in [0.5, 0.6) is 0 Å². The number of aliphatic imine (C=N–C) groups is 1. The molecule has 0 aliphatic carbocycles. The van der Waals surface area contributed by atoms with Crippen molar-refractivity contribution >= 4 is 35.9 Å². The van der Waals surface area contributed by atoms with E-state index in [0.29, 0.717) is 45.2 Å². The van der Waals surface area contributed by atoms with Gasteiger partial charge in [0, 0.05) is 37.3 Å². The molecule has 6 N–H and O–H groups in total. The molecule has 2 rings (SSSR count). The van der Waals surface area contributed by atoms with Crippen LogP contribution in [-0.2, 0) is 9.59 Å². The van der Waals surface area contributed by atoms with Gasteiger partial charge in [-0.1, -0.05) is 11.8 Å². The Labute approximate surface area is 189 Å². The summed E-state index contributed by atoms with van der Waals surface area (Å²) in [4.78, 5) is 38.3. The Hall–Kier alpha value is -3.06. The van der Waals surface area contributed by atoms with E-state index in [1.807, 2.05) is 0 Å². The summed E-state index contributed by atoms with van der Waals surface area (Å²) in [6, 6.07) is 2.32. The Morgan fingerprint density at radius 2 is 2.00 bits per heavy atom. The lowest BCUT2D eigenvalue weighted by atomic mass is 10.1. The number of nitrogens with two attached hydrogens (primary N) is 1. The summed E-state index contributed by atoms with van der Waals surface area (Å²) in [6.45, 7) is 0.731. The predicted octanol–water partition coefficient (Wildman–Crippen LogP) is 0.828. The fourth-order valence-corrected chi connectivity index (χ4v) is 3.05. The minimum atomic E-state index is -1.05. The molecule has 11 nitrogen and oxygen atoms in total. The molecule has 1 aliphatic heterocycles. The quantitative estimate of drug-likeness (QED) is 0.109. The van der Waals surface area contributed by atoms with Crippen molar-refractivity contribution in [1.82, 2.24) is 16.1 Å². The van der Waals surface area contributed by atoms with E-state index in [0.717, 1.165) is 12.1 Å². The van der Waals surface area contributed by atoms with Crippen LogP contribution in [0.2, 0.25) is 0 Å². The molecule has 1 aromatic rings. The van der Waals surface area contributed by atoms with Crippen molar-refractivity contribution in [2.45, 2.75) is 44.2 Å². The lowest BCUT2D eigenvalue weighted by Gasteiger charge is -2.13. The number of nitro groups is 1. The molecule has 0 bridgehead atoms. The summed E-state index contributed by atoms with van der Waals surface area (Å²) >= 11 is 0. The number of benzene rings is 1. The average Bonchev–Trinajstić information content (AvgIpc) is 3.15. The Bertz CT molecular complexity index is 844. The van der Waals surface area contributed by atoms with E-state index in [1.54, 1.807) is 5.43 Å². The number of halogens is 3.